The summed E-state index contributed by atoms with van der Waals surface area (Å²) in [6.45, 7) is 4.56. The van der Waals surface area contributed by atoms with Gasteiger partial charge in [-0.25, -0.2) is 0 Å². The zero-order valence-corrected chi connectivity index (χ0v) is 27.8. The Morgan fingerprint density at radius 1 is 0.457 bits per heavy atom. The van der Waals surface area contributed by atoms with Gasteiger partial charge in [0.15, 0.2) is 0 Å². The standard InChI is InChI=1S/C18H36O2.C12H25.2CH3.Sn/c1-2-3-4-5-6-7-8-9-10-11-12-13-14-15-16-17-18(19)20;1-3-5-7-9-11-12-10-8-6-4-2;;;/h2-17H2,1H3,(H,19,20);1,3-12H2,2H3;2*1H3;/q;;;;+1/p-1. The molecule has 0 amide bonds. The van der Waals surface area contributed by atoms with Crippen molar-refractivity contribution in [3.8, 4) is 0 Å². The molecule has 210 valence electrons. The summed E-state index contributed by atoms with van der Waals surface area (Å²) in [5.74, 6) is -0.903. The molecule has 0 aromatic carbocycles. The van der Waals surface area contributed by atoms with Crippen LogP contribution in [0.1, 0.15) is 181 Å². The van der Waals surface area contributed by atoms with E-state index in [0.29, 0.717) is 0 Å². The van der Waals surface area contributed by atoms with Gasteiger partial charge in [-0.2, -0.15) is 0 Å². The number of aliphatic carboxylic acids is 1. The molecule has 0 aliphatic rings. The average Bonchev–Trinajstić information content (AvgIpc) is 2.83. The first kappa shape index (κ1) is 37.4. The fourth-order valence-corrected chi connectivity index (χ4v) is 7.34. The van der Waals surface area contributed by atoms with Gasteiger partial charge in [0.05, 0.1) is 0 Å². The molecular weight excluding hydrogens is 535 g/mol. The summed E-state index contributed by atoms with van der Waals surface area (Å²) in [4.78, 5) is 15.3. The first-order valence-electron chi connectivity index (χ1n) is 16.0. The minimum absolute atomic E-state index is 0.234. The van der Waals surface area contributed by atoms with E-state index in [4.69, 9.17) is 0 Å². The summed E-state index contributed by atoms with van der Waals surface area (Å²) in [5.41, 5.74) is 0. The fourth-order valence-electron chi connectivity index (χ4n) is 4.61. The number of carboxylic acids is 1. The van der Waals surface area contributed by atoms with Crippen LogP contribution in [-0.2, 0) is 4.79 Å². The van der Waals surface area contributed by atoms with E-state index in [1.54, 1.807) is 4.44 Å². The van der Waals surface area contributed by atoms with Gasteiger partial charge in [-0.1, -0.05) is 96.8 Å². The number of carbonyl (C=O) groups excluding carboxylic acids is 1. The second-order valence-electron chi connectivity index (χ2n) is 11.2. The van der Waals surface area contributed by atoms with Crippen LogP contribution in [0.2, 0.25) is 14.3 Å². The van der Waals surface area contributed by atoms with E-state index in [1.165, 1.54) is 148 Å². The number of carbonyl (C=O) groups is 1. The van der Waals surface area contributed by atoms with Crippen molar-refractivity contribution >= 4 is 25.7 Å². The quantitative estimate of drug-likeness (QED) is 0.0694. The minimum atomic E-state index is -0.903. The van der Waals surface area contributed by atoms with Gasteiger partial charge < -0.3 is 9.90 Å². The monoisotopic (exact) mass is 602 g/mol. The maximum absolute atomic E-state index is 10.2. The molecule has 0 saturated carbocycles. The molecule has 0 unspecified atom stereocenters. The molecule has 2 nitrogen and oxygen atoms in total. The molecule has 0 fully saturated rings. The molecule has 0 aliphatic heterocycles. The van der Waals surface area contributed by atoms with Gasteiger partial charge in [-0.05, 0) is 12.8 Å². The topological polar surface area (TPSA) is 40.1 Å². The van der Waals surface area contributed by atoms with Gasteiger partial charge in [0.2, 0.25) is 0 Å². The normalized spacial score (nSPS) is 10.7. The van der Waals surface area contributed by atoms with E-state index in [9.17, 15) is 9.90 Å². The third kappa shape index (κ3) is 41.7. The van der Waals surface area contributed by atoms with E-state index in [1.807, 2.05) is 0 Å². The van der Waals surface area contributed by atoms with Crippen molar-refractivity contribution in [1.82, 2.24) is 0 Å². The molecule has 0 rings (SSSR count). The Labute approximate surface area is 229 Å². The molecule has 0 aliphatic carbocycles. The van der Waals surface area contributed by atoms with Crippen LogP contribution in [0.4, 0.5) is 0 Å². The Balaban J connectivity index is 0. The third-order valence-electron chi connectivity index (χ3n) is 7.01. The van der Waals surface area contributed by atoms with Gasteiger partial charge >= 0.3 is 105 Å². The molecule has 35 heavy (non-hydrogen) atoms. The van der Waals surface area contributed by atoms with Gasteiger partial charge in [0, 0.05) is 5.97 Å². The van der Waals surface area contributed by atoms with Crippen LogP contribution in [0.3, 0.4) is 0 Å². The number of hydrogen-bond acceptors (Lipinski definition) is 2. The summed E-state index contributed by atoms with van der Waals surface area (Å²) in [5, 5.41) is 10.2. The van der Waals surface area contributed by atoms with Gasteiger partial charge in [-0.3, -0.25) is 0 Å². The molecule has 3 heteroatoms. The van der Waals surface area contributed by atoms with E-state index in [0.717, 1.165) is 12.8 Å². The number of carboxylic acid groups (broad SMARTS) is 1. The van der Waals surface area contributed by atoms with Crippen LogP contribution >= 0.6 is 0 Å². The van der Waals surface area contributed by atoms with Crippen molar-refractivity contribution in [1.29, 1.82) is 0 Å². The predicted octanol–water partition coefficient (Wildman–Crippen LogP) is 10.7. The van der Waals surface area contributed by atoms with Crippen molar-refractivity contribution in [3.05, 3.63) is 0 Å². The van der Waals surface area contributed by atoms with Crippen LogP contribution < -0.4 is 5.11 Å². The fraction of sp³-hybridized carbons (Fsp3) is 0.969. The van der Waals surface area contributed by atoms with E-state index < -0.39 is 25.7 Å². The third-order valence-corrected chi connectivity index (χ3v) is 10.9. The number of unbranched alkanes of at least 4 members (excludes halogenated alkanes) is 23. The molecule has 0 aromatic rings. The zero-order chi connectivity index (χ0) is 26.2. The molecule has 0 saturated heterocycles. The predicted molar refractivity (Wildman–Crippen MR) is 159 cm³/mol. The zero-order valence-electron chi connectivity index (χ0n) is 24.9. The molecular formula is C32H66O2Sn. The van der Waals surface area contributed by atoms with Crippen LogP contribution in [0.25, 0.3) is 0 Å². The number of rotatable bonds is 27. The second kappa shape index (κ2) is 34.3. The Kier molecular flexibility index (Phi) is 36.6. The van der Waals surface area contributed by atoms with Gasteiger partial charge in [0.25, 0.3) is 0 Å². The molecule has 0 aromatic heterocycles. The average molecular weight is 602 g/mol. The van der Waals surface area contributed by atoms with E-state index in [-0.39, 0.29) is 6.42 Å². The molecule has 0 bridgehead atoms. The van der Waals surface area contributed by atoms with Crippen molar-refractivity contribution in [2.75, 3.05) is 0 Å². The summed E-state index contributed by atoms with van der Waals surface area (Å²) in [6, 6.07) is 0. The van der Waals surface area contributed by atoms with E-state index in [2.05, 4.69) is 23.7 Å². The van der Waals surface area contributed by atoms with Crippen molar-refractivity contribution in [3.63, 3.8) is 0 Å². The van der Waals surface area contributed by atoms with Crippen molar-refractivity contribution < 1.29 is 9.90 Å². The van der Waals surface area contributed by atoms with Gasteiger partial charge in [0.1, 0.15) is 0 Å². The Morgan fingerprint density at radius 3 is 0.971 bits per heavy atom. The molecule has 0 atom stereocenters. The Hall–Kier alpha value is 0.269. The summed E-state index contributed by atoms with van der Waals surface area (Å²) >= 11 is -0.727. The molecule has 0 radical (unpaired) electrons. The first-order chi connectivity index (χ1) is 17.0. The Bertz CT molecular complexity index is 384. The summed E-state index contributed by atoms with van der Waals surface area (Å²) in [7, 11) is 0. The van der Waals surface area contributed by atoms with Gasteiger partial charge in [-0.15, -0.1) is 0 Å². The summed E-state index contributed by atoms with van der Waals surface area (Å²) < 4.78 is 1.62. The van der Waals surface area contributed by atoms with Crippen molar-refractivity contribution in [2.45, 2.75) is 195 Å². The summed E-state index contributed by atoms with van der Waals surface area (Å²) in [6.07, 6.45) is 34.7. The second-order valence-corrected chi connectivity index (χ2v) is 19.5. The van der Waals surface area contributed by atoms with Crippen molar-refractivity contribution in [2.24, 2.45) is 0 Å². The molecule has 0 spiro atoms. The molecule has 0 N–H and O–H groups in total. The maximum atomic E-state index is 10.2. The van der Waals surface area contributed by atoms with Crippen LogP contribution in [-0.4, -0.2) is 25.7 Å². The van der Waals surface area contributed by atoms with Crippen LogP contribution in [0.15, 0.2) is 0 Å². The number of hydrogen-bond donors (Lipinski definition) is 0. The first-order valence-corrected chi connectivity index (χ1v) is 23.8. The molecule has 0 heterocycles. The Morgan fingerprint density at radius 2 is 0.714 bits per heavy atom. The van der Waals surface area contributed by atoms with E-state index >= 15 is 0 Å². The van der Waals surface area contributed by atoms with Crippen LogP contribution in [0.5, 0.6) is 0 Å². The van der Waals surface area contributed by atoms with Crippen LogP contribution in [0, 0.1) is 0 Å². The SMILES string of the molecule is CCCCCCCCCCCCCCCCCC(=O)[O-].CCCCCCCCCCC[CH2][Sn+]([CH3])[CH3].